The van der Waals surface area contributed by atoms with Gasteiger partial charge in [-0.15, -0.1) is 0 Å². The summed E-state index contributed by atoms with van der Waals surface area (Å²) < 4.78 is 5.08. The summed E-state index contributed by atoms with van der Waals surface area (Å²) in [6.07, 6.45) is 1.88. The smallest absolute Gasteiger partial charge is 0.143 e. The molecular weight excluding hydrogens is 152 g/mol. The quantitative estimate of drug-likeness (QED) is 0.628. The highest BCUT2D eigenvalue weighted by Crippen LogP contribution is 2.26. The molecule has 62 valence electrons. The lowest BCUT2D eigenvalue weighted by Gasteiger charge is -2.03. The molecule has 0 bridgehead atoms. The fourth-order valence-electron chi connectivity index (χ4n) is 1.28. The number of aromatic amines is 1. The molecule has 0 unspecified atom stereocenters. The van der Waals surface area contributed by atoms with Crippen LogP contribution in [0, 0.1) is 0 Å². The number of H-pyrrole nitrogens is 1. The number of benzene rings is 1. The van der Waals surface area contributed by atoms with Gasteiger partial charge in [0.05, 0.1) is 12.8 Å². The molecule has 0 spiro atoms. The number of anilines is 1. The lowest BCUT2D eigenvalue weighted by atomic mass is 10.2. The minimum absolute atomic E-state index is 0.671. The lowest BCUT2D eigenvalue weighted by Crippen LogP contribution is -1.91. The third-order valence-electron chi connectivity index (χ3n) is 1.90. The molecule has 0 amide bonds. The van der Waals surface area contributed by atoms with Crippen molar-refractivity contribution in [2.45, 2.75) is 0 Å². The molecule has 2 aromatic rings. The first-order chi connectivity index (χ1) is 5.81. The summed E-state index contributed by atoms with van der Waals surface area (Å²) >= 11 is 0. The normalized spacial score (nSPS) is 10.4. The summed E-state index contributed by atoms with van der Waals surface area (Å²) in [6, 6.07) is 5.76. The summed E-state index contributed by atoms with van der Waals surface area (Å²) in [6.45, 7) is 0. The molecule has 0 saturated heterocycles. The number of nitrogen functional groups attached to an aromatic ring is 1. The predicted octanol–water partition coefficient (Wildman–Crippen LogP) is 1.76. The van der Waals surface area contributed by atoms with Crippen molar-refractivity contribution >= 4 is 16.6 Å². The fraction of sp³-hybridized carbons (Fsp3) is 0.111. The van der Waals surface area contributed by atoms with Gasteiger partial charge in [0.25, 0.3) is 0 Å². The maximum atomic E-state index is 5.72. The zero-order valence-electron chi connectivity index (χ0n) is 6.79. The highest BCUT2D eigenvalue weighted by molar-refractivity contribution is 5.85. The van der Waals surface area contributed by atoms with E-state index in [1.165, 1.54) is 0 Å². The number of hydrogen-bond donors (Lipinski definition) is 2. The van der Waals surface area contributed by atoms with Crippen molar-refractivity contribution in [3.05, 3.63) is 24.4 Å². The first kappa shape index (κ1) is 7.03. The Morgan fingerprint density at radius 2 is 2.25 bits per heavy atom. The van der Waals surface area contributed by atoms with Crippen molar-refractivity contribution in [1.29, 1.82) is 0 Å². The molecular formula is C9H10N2O. The van der Waals surface area contributed by atoms with Gasteiger partial charge in [0, 0.05) is 23.2 Å². The number of hydrogen-bond acceptors (Lipinski definition) is 2. The molecule has 3 nitrogen and oxygen atoms in total. The average molecular weight is 162 g/mol. The molecule has 0 radical (unpaired) electrons. The second-order valence-electron chi connectivity index (χ2n) is 2.66. The van der Waals surface area contributed by atoms with Gasteiger partial charge in [-0.3, -0.25) is 0 Å². The Hall–Kier alpha value is -1.64. The van der Waals surface area contributed by atoms with E-state index >= 15 is 0 Å². The van der Waals surface area contributed by atoms with E-state index < -0.39 is 0 Å². The summed E-state index contributed by atoms with van der Waals surface area (Å²) in [5, 5.41) is 1.10. The minimum atomic E-state index is 0.671. The van der Waals surface area contributed by atoms with E-state index in [9.17, 15) is 0 Å². The zero-order valence-corrected chi connectivity index (χ0v) is 6.79. The number of nitrogens with two attached hydrogens (primary N) is 1. The van der Waals surface area contributed by atoms with E-state index in [1.54, 1.807) is 7.11 Å². The molecule has 0 fully saturated rings. The van der Waals surface area contributed by atoms with Gasteiger partial charge in [0.1, 0.15) is 5.75 Å². The molecule has 1 aromatic heterocycles. The van der Waals surface area contributed by atoms with Crippen LogP contribution in [-0.2, 0) is 0 Å². The maximum absolute atomic E-state index is 5.72. The Labute approximate surface area is 70.1 Å². The Bertz CT molecular complexity index is 406. The molecule has 12 heavy (non-hydrogen) atoms. The van der Waals surface area contributed by atoms with Gasteiger partial charge in [0.2, 0.25) is 0 Å². The second kappa shape index (κ2) is 2.44. The van der Waals surface area contributed by atoms with Crippen LogP contribution in [0.5, 0.6) is 5.75 Å². The molecule has 3 heteroatoms. The van der Waals surface area contributed by atoms with Crippen LogP contribution < -0.4 is 10.5 Å². The third-order valence-corrected chi connectivity index (χ3v) is 1.90. The highest BCUT2D eigenvalue weighted by atomic mass is 16.5. The van der Waals surface area contributed by atoms with Crippen molar-refractivity contribution in [3.8, 4) is 5.75 Å². The highest BCUT2D eigenvalue weighted by Gasteiger charge is 2.01. The van der Waals surface area contributed by atoms with Gasteiger partial charge in [-0.1, -0.05) is 0 Å². The summed E-state index contributed by atoms with van der Waals surface area (Å²) in [4.78, 5) is 3.09. The van der Waals surface area contributed by atoms with Crippen molar-refractivity contribution in [2.24, 2.45) is 0 Å². The van der Waals surface area contributed by atoms with Crippen LogP contribution in [-0.4, -0.2) is 12.1 Å². The Morgan fingerprint density at radius 3 is 3.00 bits per heavy atom. The van der Waals surface area contributed by atoms with Crippen molar-refractivity contribution in [1.82, 2.24) is 4.98 Å². The van der Waals surface area contributed by atoms with E-state index in [-0.39, 0.29) is 0 Å². The van der Waals surface area contributed by atoms with E-state index in [2.05, 4.69) is 4.98 Å². The zero-order chi connectivity index (χ0) is 8.55. The molecule has 0 aliphatic heterocycles. The Morgan fingerprint density at radius 1 is 1.42 bits per heavy atom. The van der Waals surface area contributed by atoms with Gasteiger partial charge in [-0.05, 0) is 12.1 Å². The van der Waals surface area contributed by atoms with E-state index in [1.807, 2.05) is 24.4 Å². The molecule has 3 N–H and O–H groups in total. The minimum Gasteiger partial charge on any atom is -0.495 e. The van der Waals surface area contributed by atoms with Gasteiger partial charge in [-0.2, -0.15) is 0 Å². The van der Waals surface area contributed by atoms with Crippen molar-refractivity contribution in [2.75, 3.05) is 12.8 Å². The first-order valence-corrected chi connectivity index (χ1v) is 3.72. The fourth-order valence-corrected chi connectivity index (χ4v) is 1.28. The van der Waals surface area contributed by atoms with Gasteiger partial charge in [0.15, 0.2) is 0 Å². The topological polar surface area (TPSA) is 51.0 Å². The SMILES string of the molecule is COc1cc2[nH]ccc2cc1N. The van der Waals surface area contributed by atoms with Crippen LogP contribution in [0.15, 0.2) is 24.4 Å². The standard InChI is InChI=1S/C9H10N2O/c1-12-9-5-8-6(2-3-11-8)4-7(9)10/h2-5,11H,10H2,1H3. The van der Waals surface area contributed by atoms with E-state index in [0.29, 0.717) is 11.4 Å². The second-order valence-corrected chi connectivity index (χ2v) is 2.66. The van der Waals surface area contributed by atoms with Gasteiger partial charge >= 0.3 is 0 Å². The first-order valence-electron chi connectivity index (χ1n) is 3.72. The molecule has 1 heterocycles. The number of ether oxygens (including phenoxy) is 1. The van der Waals surface area contributed by atoms with Crippen LogP contribution in [0.3, 0.4) is 0 Å². The number of methoxy groups -OCH3 is 1. The molecule has 0 atom stereocenters. The van der Waals surface area contributed by atoms with E-state index in [0.717, 1.165) is 10.9 Å². The third kappa shape index (κ3) is 0.906. The molecule has 0 aliphatic rings. The average Bonchev–Trinajstić information content (AvgIpc) is 2.49. The largest absolute Gasteiger partial charge is 0.495 e. The van der Waals surface area contributed by atoms with Crippen LogP contribution in [0.4, 0.5) is 5.69 Å². The van der Waals surface area contributed by atoms with Crippen LogP contribution in [0.25, 0.3) is 10.9 Å². The van der Waals surface area contributed by atoms with Crippen molar-refractivity contribution in [3.63, 3.8) is 0 Å². The summed E-state index contributed by atoms with van der Waals surface area (Å²) in [5.41, 5.74) is 7.43. The maximum Gasteiger partial charge on any atom is 0.143 e. The summed E-state index contributed by atoms with van der Waals surface area (Å²) in [5.74, 6) is 0.713. The number of aromatic nitrogens is 1. The summed E-state index contributed by atoms with van der Waals surface area (Å²) in [7, 11) is 1.61. The number of rotatable bonds is 1. The monoisotopic (exact) mass is 162 g/mol. The Balaban J connectivity index is 2.73. The van der Waals surface area contributed by atoms with Crippen molar-refractivity contribution < 1.29 is 4.74 Å². The molecule has 0 aliphatic carbocycles. The number of fused-ring (bicyclic) bond motifs is 1. The van der Waals surface area contributed by atoms with Crippen LogP contribution in [0.1, 0.15) is 0 Å². The molecule has 1 aromatic carbocycles. The van der Waals surface area contributed by atoms with Crippen LogP contribution in [0.2, 0.25) is 0 Å². The van der Waals surface area contributed by atoms with Crippen LogP contribution >= 0.6 is 0 Å². The van der Waals surface area contributed by atoms with Gasteiger partial charge in [-0.25, -0.2) is 0 Å². The van der Waals surface area contributed by atoms with E-state index in [4.69, 9.17) is 10.5 Å². The Kier molecular flexibility index (Phi) is 1.43. The molecule has 0 saturated carbocycles. The number of nitrogens with one attached hydrogen (secondary N) is 1. The molecule has 2 rings (SSSR count). The van der Waals surface area contributed by atoms with Gasteiger partial charge < -0.3 is 15.5 Å². The predicted molar refractivity (Wildman–Crippen MR) is 49.3 cm³/mol. The lowest BCUT2D eigenvalue weighted by molar-refractivity contribution is 0.417.